The summed E-state index contributed by atoms with van der Waals surface area (Å²) in [5, 5.41) is 11.6. The van der Waals surface area contributed by atoms with E-state index in [1.165, 1.54) is 6.08 Å². The Balaban J connectivity index is 2.09. The Bertz CT molecular complexity index is 1310. The minimum absolute atomic E-state index is 0.0174. The van der Waals surface area contributed by atoms with Gasteiger partial charge in [-0.05, 0) is 86.7 Å². The number of aryl methyl sites for hydroxylation is 1. The Morgan fingerprint density at radius 2 is 1.75 bits per heavy atom. The fourth-order valence-corrected chi connectivity index (χ4v) is 3.50. The quantitative estimate of drug-likeness (QED) is 0.318. The minimum atomic E-state index is -4.57. The summed E-state index contributed by atoms with van der Waals surface area (Å²) >= 11 is 0. The molecule has 1 amide bonds. The summed E-state index contributed by atoms with van der Waals surface area (Å²) in [4.78, 5) is 12.3. The maximum absolute atomic E-state index is 12.8. The number of nitrogens with one attached hydrogen (secondary N) is 1. The lowest BCUT2D eigenvalue weighted by Crippen LogP contribution is -2.11. The molecule has 0 saturated heterocycles. The van der Waals surface area contributed by atoms with Gasteiger partial charge in [0.2, 0.25) is 5.91 Å². The number of carbonyl (C=O) groups excluding carboxylic acids is 1. The summed E-state index contributed by atoms with van der Waals surface area (Å²) in [7, 11) is 1.66. The van der Waals surface area contributed by atoms with E-state index in [1.54, 1.807) is 32.3 Å². The Morgan fingerprint density at radius 3 is 2.36 bits per heavy atom. The van der Waals surface area contributed by atoms with Crippen molar-refractivity contribution >= 4 is 17.7 Å². The largest absolute Gasteiger partial charge is 0.496 e. The van der Waals surface area contributed by atoms with E-state index in [-0.39, 0.29) is 11.3 Å². The first-order valence-electron chi connectivity index (χ1n) is 11.2. The smallest absolute Gasteiger partial charge is 0.416 e. The van der Waals surface area contributed by atoms with Gasteiger partial charge >= 0.3 is 6.18 Å². The highest BCUT2D eigenvalue weighted by molar-refractivity contribution is 6.00. The third-order valence-electron chi connectivity index (χ3n) is 5.64. The summed E-state index contributed by atoms with van der Waals surface area (Å²) in [6.07, 6.45) is 6.24. The van der Waals surface area contributed by atoms with Crippen molar-refractivity contribution in [3.8, 4) is 11.8 Å². The van der Waals surface area contributed by atoms with Crippen LogP contribution in [0.1, 0.15) is 47.2 Å². The van der Waals surface area contributed by atoms with Crippen molar-refractivity contribution < 1.29 is 22.7 Å². The second-order valence-electron chi connectivity index (χ2n) is 8.41. The Hall–Kier alpha value is -4.05. The number of anilines is 1. The van der Waals surface area contributed by atoms with Gasteiger partial charge in [-0.15, -0.1) is 0 Å². The van der Waals surface area contributed by atoms with Crippen LogP contribution in [0, 0.1) is 32.1 Å². The fourth-order valence-electron chi connectivity index (χ4n) is 3.50. The van der Waals surface area contributed by atoms with Crippen LogP contribution in [0.25, 0.3) is 6.08 Å². The summed E-state index contributed by atoms with van der Waals surface area (Å²) in [6.45, 7) is 9.81. The predicted molar refractivity (Wildman–Crippen MR) is 138 cm³/mol. The zero-order valence-corrected chi connectivity index (χ0v) is 21.2. The molecule has 0 aliphatic heterocycles. The molecule has 188 valence electrons. The number of methoxy groups -OCH3 is 1. The lowest BCUT2D eigenvalue weighted by molar-refractivity contribution is -0.137. The first-order chi connectivity index (χ1) is 16.9. The monoisotopic (exact) mass is 494 g/mol. The molecule has 4 nitrogen and oxygen atoms in total. The van der Waals surface area contributed by atoms with E-state index in [0.717, 1.165) is 45.7 Å². The van der Waals surface area contributed by atoms with Crippen LogP contribution in [0.5, 0.6) is 5.75 Å². The number of alkyl halides is 3. The van der Waals surface area contributed by atoms with Gasteiger partial charge in [0.05, 0.1) is 23.9 Å². The van der Waals surface area contributed by atoms with Crippen LogP contribution >= 0.6 is 0 Å². The number of allylic oxidation sites excluding steroid dienone is 6. The van der Waals surface area contributed by atoms with Gasteiger partial charge in [0, 0.05) is 6.08 Å². The van der Waals surface area contributed by atoms with Gasteiger partial charge in [0.25, 0.3) is 0 Å². The second-order valence-corrected chi connectivity index (χ2v) is 8.41. The van der Waals surface area contributed by atoms with Crippen molar-refractivity contribution in [2.45, 2.75) is 40.8 Å². The number of hydrogen-bond donors (Lipinski definition) is 1. The third-order valence-corrected chi connectivity index (χ3v) is 5.64. The molecule has 1 N–H and O–H groups in total. The molecule has 0 aliphatic rings. The van der Waals surface area contributed by atoms with Crippen molar-refractivity contribution in [3.05, 3.63) is 99.2 Å². The van der Waals surface area contributed by atoms with Crippen molar-refractivity contribution in [1.29, 1.82) is 5.26 Å². The molecule has 0 saturated carbocycles. The SMILES string of the molecule is COc1cc(C)c(C=CC(C)=CC=CC(C)=CC(=O)Nc2ccc(C(F)(F)F)cc2C#N)c(C)c1C. The van der Waals surface area contributed by atoms with E-state index in [0.29, 0.717) is 11.6 Å². The number of halogens is 3. The van der Waals surface area contributed by atoms with Crippen LogP contribution in [0.15, 0.2) is 65.8 Å². The van der Waals surface area contributed by atoms with Gasteiger partial charge < -0.3 is 10.1 Å². The van der Waals surface area contributed by atoms with E-state index in [9.17, 15) is 18.0 Å². The molecular weight excluding hydrogens is 465 g/mol. The lowest BCUT2D eigenvalue weighted by Gasteiger charge is -2.13. The van der Waals surface area contributed by atoms with E-state index in [2.05, 4.69) is 18.3 Å². The Morgan fingerprint density at radius 1 is 1.06 bits per heavy atom. The van der Waals surface area contributed by atoms with Gasteiger partial charge in [-0.2, -0.15) is 18.4 Å². The molecule has 0 unspecified atom stereocenters. The third kappa shape index (κ3) is 7.47. The molecular formula is C29H29F3N2O2. The molecule has 0 bridgehead atoms. The maximum Gasteiger partial charge on any atom is 0.416 e. The molecule has 0 atom stereocenters. The number of amides is 1. The molecule has 2 rings (SSSR count). The minimum Gasteiger partial charge on any atom is -0.496 e. The number of nitrogens with zero attached hydrogens (tertiary/aromatic N) is 1. The van der Waals surface area contributed by atoms with Gasteiger partial charge in [-0.1, -0.05) is 36.0 Å². The van der Waals surface area contributed by atoms with Crippen molar-refractivity contribution in [3.63, 3.8) is 0 Å². The highest BCUT2D eigenvalue weighted by atomic mass is 19.4. The van der Waals surface area contributed by atoms with Crippen molar-refractivity contribution in [2.75, 3.05) is 12.4 Å². The van der Waals surface area contributed by atoms with Crippen LogP contribution in [-0.2, 0) is 11.0 Å². The zero-order chi connectivity index (χ0) is 27.0. The standard InChI is InChI=1S/C29H29F3N2O2/c1-18(10-12-25-20(3)15-27(36-6)22(5)21(25)4)8-7-9-19(2)14-28(35)34-26-13-11-24(29(30,31)32)16-23(26)17-33/h7-16H,1-6H3,(H,34,35). The molecule has 0 spiro atoms. The molecule has 7 heteroatoms. The zero-order valence-electron chi connectivity index (χ0n) is 21.2. The number of benzene rings is 2. The van der Waals surface area contributed by atoms with E-state index >= 15 is 0 Å². The molecule has 36 heavy (non-hydrogen) atoms. The van der Waals surface area contributed by atoms with Gasteiger partial charge in [0.15, 0.2) is 0 Å². The van der Waals surface area contributed by atoms with Gasteiger partial charge in [-0.3, -0.25) is 4.79 Å². The Kier molecular flexibility index (Phi) is 9.45. The lowest BCUT2D eigenvalue weighted by atomic mass is 9.96. The topological polar surface area (TPSA) is 62.1 Å². The van der Waals surface area contributed by atoms with Crippen LogP contribution in [0.3, 0.4) is 0 Å². The first-order valence-corrected chi connectivity index (χ1v) is 11.2. The first kappa shape index (κ1) is 28.2. The van der Waals surface area contributed by atoms with Crippen LogP contribution in [0.2, 0.25) is 0 Å². The van der Waals surface area contributed by atoms with Gasteiger partial charge in [-0.25, -0.2) is 0 Å². The molecule has 2 aromatic rings. The number of carbonyl (C=O) groups is 1. The summed E-state index contributed by atoms with van der Waals surface area (Å²) in [5.41, 5.74) is 4.94. The van der Waals surface area contributed by atoms with Gasteiger partial charge in [0.1, 0.15) is 11.8 Å². The molecule has 0 fully saturated rings. The Labute approximate surface area is 210 Å². The number of ether oxygens (including phenoxy) is 1. The van der Waals surface area contributed by atoms with E-state index in [4.69, 9.17) is 10.00 Å². The number of nitriles is 1. The normalized spacial score (nSPS) is 12.8. The molecule has 0 aromatic heterocycles. The number of rotatable bonds is 7. The summed E-state index contributed by atoms with van der Waals surface area (Å²) < 4.78 is 43.9. The summed E-state index contributed by atoms with van der Waals surface area (Å²) in [6, 6.07) is 6.31. The number of hydrogen-bond acceptors (Lipinski definition) is 3. The van der Waals surface area contributed by atoms with E-state index < -0.39 is 17.6 Å². The van der Waals surface area contributed by atoms with Crippen molar-refractivity contribution in [1.82, 2.24) is 0 Å². The summed E-state index contributed by atoms with van der Waals surface area (Å²) in [5.74, 6) is 0.320. The molecule has 2 aromatic carbocycles. The fraction of sp³-hybridized carbons (Fsp3) is 0.241. The second kappa shape index (κ2) is 12.1. The average molecular weight is 495 g/mol. The van der Waals surface area contributed by atoms with E-state index in [1.807, 2.05) is 39.0 Å². The van der Waals surface area contributed by atoms with Crippen molar-refractivity contribution in [2.24, 2.45) is 0 Å². The molecule has 0 heterocycles. The molecule has 0 aliphatic carbocycles. The highest BCUT2D eigenvalue weighted by Gasteiger charge is 2.31. The average Bonchev–Trinajstić information content (AvgIpc) is 2.80. The maximum atomic E-state index is 12.8. The highest BCUT2D eigenvalue weighted by Crippen LogP contribution is 2.32. The predicted octanol–water partition coefficient (Wildman–Crippen LogP) is 7.61. The van der Waals surface area contributed by atoms with Crippen LogP contribution in [0.4, 0.5) is 18.9 Å². The van der Waals surface area contributed by atoms with Crippen LogP contribution < -0.4 is 10.1 Å². The van der Waals surface area contributed by atoms with Crippen LogP contribution in [-0.4, -0.2) is 13.0 Å². The molecule has 0 radical (unpaired) electrons.